The maximum absolute atomic E-state index is 8.61. The second-order valence-corrected chi connectivity index (χ2v) is 3.06. The molecule has 3 heteroatoms. The monoisotopic (exact) mass is 207 g/mol. The Morgan fingerprint density at radius 2 is 2.36 bits per heavy atom. The highest BCUT2D eigenvalue weighted by molar-refractivity contribution is 6.31. The molecule has 0 fully saturated rings. The van der Waals surface area contributed by atoms with Gasteiger partial charge in [0.15, 0.2) is 0 Å². The minimum absolute atomic E-state index is 0.256. The molecule has 1 rings (SSSR count). The Bertz CT molecular complexity index is 368. The first-order valence-electron chi connectivity index (χ1n) is 4.17. The Balaban J connectivity index is 2.96. The number of hydrogen-bond donors (Lipinski definition) is 0. The molecule has 1 aromatic rings. The van der Waals surface area contributed by atoms with E-state index in [1.54, 1.807) is 24.3 Å². The summed E-state index contributed by atoms with van der Waals surface area (Å²) >= 11 is 5.93. The Hall–Kier alpha value is -1.46. The molecule has 0 bridgehead atoms. The van der Waals surface area contributed by atoms with Gasteiger partial charge in [-0.3, -0.25) is 0 Å². The highest BCUT2D eigenvalue weighted by Crippen LogP contribution is 2.26. The maximum atomic E-state index is 8.61. The third kappa shape index (κ3) is 2.51. The summed E-state index contributed by atoms with van der Waals surface area (Å²) in [5.41, 5.74) is 0.735. The van der Waals surface area contributed by atoms with Gasteiger partial charge in [-0.25, -0.2) is 0 Å². The van der Waals surface area contributed by atoms with Gasteiger partial charge < -0.3 is 4.74 Å². The van der Waals surface area contributed by atoms with Crippen LogP contribution in [-0.2, 0) is 6.42 Å². The number of rotatable bonds is 4. The minimum Gasteiger partial charge on any atom is -0.489 e. The van der Waals surface area contributed by atoms with Crippen molar-refractivity contribution in [1.29, 1.82) is 5.26 Å². The van der Waals surface area contributed by atoms with E-state index in [9.17, 15) is 0 Å². The van der Waals surface area contributed by atoms with Crippen LogP contribution in [0.15, 0.2) is 30.9 Å². The molecule has 0 aromatic heterocycles. The van der Waals surface area contributed by atoms with Crippen LogP contribution in [0.3, 0.4) is 0 Å². The molecule has 2 nitrogen and oxygen atoms in total. The van der Waals surface area contributed by atoms with Crippen molar-refractivity contribution in [1.82, 2.24) is 0 Å². The van der Waals surface area contributed by atoms with Crippen LogP contribution in [0.2, 0.25) is 5.02 Å². The molecule has 14 heavy (non-hydrogen) atoms. The molecule has 0 atom stereocenters. The molecule has 0 unspecified atom stereocenters. The molecule has 0 radical (unpaired) electrons. The van der Waals surface area contributed by atoms with E-state index in [2.05, 4.69) is 12.6 Å². The zero-order valence-electron chi connectivity index (χ0n) is 7.66. The molecular formula is C11H10ClNO. The first-order chi connectivity index (χ1) is 6.79. The molecule has 72 valence electrons. The normalized spacial score (nSPS) is 9.14. The summed E-state index contributed by atoms with van der Waals surface area (Å²) in [6, 6.07) is 7.38. The number of halogens is 1. The lowest BCUT2D eigenvalue weighted by Crippen LogP contribution is -1.97. The van der Waals surface area contributed by atoms with Crippen molar-refractivity contribution in [2.45, 2.75) is 6.42 Å². The molecule has 0 aliphatic carbocycles. The minimum atomic E-state index is 0.256. The van der Waals surface area contributed by atoms with Crippen molar-refractivity contribution >= 4 is 11.6 Å². The number of nitriles is 1. The van der Waals surface area contributed by atoms with Crippen LogP contribution in [0.1, 0.15) is 5.56 Å². The summed E-state index contributed by atoms with van der Waals surface area (Å²) in [7, 11) is 0. The van der Waals surface area contributed by atoms with Crippen LogP contribution in [0, 0.1) is 11.3 Å². The van der Waals surface area contributed by atoms with Crippen LogP contribution < -0.4 is 4.74 Å². The SMILES string of the molecule is C=CCOc1cccc(Cl)c1CC#N. The maximum Gasteiger partial charge on any atom is 0.125 e. The molecule has 0 heterocycles. The lowest BCUT2D eigenvalue weighted by Gasteiger charge is -2.08. The molecule has 0 amide bonds. The summed E-state index contributed by atoms with van der Waals surface area (Å²) in [5.74, 6) is 0.652. The van der Waals surface area contributed by atoms with Gasteiger partial charge in [-0.1, -0.05) is 30.3 Å². The van der Waals surface area contributed by atoms with E-state index in [4.69, 9.17) is 21.6 Å². The molecule has 0 N–H and O–H groups in total. The van der Waals surface area contributed by atoms with Crippen LogP contribution in [0.4, 0.5) is 0 Å². The van der Waals surface area contributed by atoms with Gasteiger partial charge >= 0.3 is 0 Å². The van der Waals surface area contributed by atoms with Crippen molar-refractivity contribution < 1.29 is 4.74 Å². The third-order valence-electron chi connectivity index (χ3n) is 1.69. The summed E-state index contributed by atoms with van der Waals surface area (Å²) in [6.45, 7) is 3.97. The Kier molecular flexibility index (Phi) is 4.03. The first-order valence-corrected chi connectivity index (χ1v) is 4.55. The molecule has 0 saturated carbocycles. The zero-order chi connectivity index (χ0) is 10.4. The van der Waals surface area contributed by atoms with Crippen LogP contribution in [-0.4, -0.2) is 6.61 Å². The second-order valence-electron chi connectivity index (χ2n) is 2.65. The molecule has 1 aromatic carbocycles. The molecular weight excluding hydrogens is 198 g/mol. The van der Waals surface area contributed by atoms with E-state index >= 15 is 0 Å². The average molecular weight is 208 g/mol. The van der Waals surface area contributed by atoms with Crippen molar-refractivity contribution in [2.24, 2.45) is 0 Å². The largest absolute Gasteiger partial charge is 0.489 e. The predicted octanol–water partition coefficient (Wildman–Crippen LogP) is 2.97. The summed E-state index contributed by atoms with van der Waals surface area (Å²) < 4.78 is 5.37. The first kappa shape index (κ1) is 10.6. The lowest BCUT2D eigenvalue weighted by atomic mass is 10.1. The van der Waals surface area contributed by atoms with Crippen LogP contribution in [0.25, 0.3) is 0 Å². The zero-order valence-corrected chi connectivity index (χ0v) is 8.42. The number of ether oxygens (including phenoxy) is 1. The number of benzene rings is 1. The van der Waals surface area contributed by atoms with Crippen molar-refractivity contribution in [3.8, 4) is 11.8 Å². The van der Waals surface area contributed by atoms with Crippen LogP contribution in [0.5, 0.6) is 5.75 Å². The average Bonchev–Trinajstić information content (AvgIpc) is 2.19. The summed E-state index contributed by atoms with van der Waals surface area (Å²) in [6.07, 6.45) is 1.91. The van der Waals surface area contributed by atoms with Gasteiger partial charge in [-0.05, 0) is 12.1 Å². The van der Waals surface area contributed by atoms with E-state index in [0.717, 1.165) is 5.56 Å². The second kappa shape index (κ2) is 5.31. The van der Waals surface area contributed by atoms with E-state index in [-0.39, 0.29) is 6.42 Å². The molecule has 0 saturated heterocycles. The van der Waals surface area contributed by atoms with Gasteiger partial charge in [0.1, 0.15) is 12.4 Å². The molecule has 0 aliphatic rings. The van der Waals surface area contributed by atoms with Crippen molar-refractivity contribution in [3.63, 3.8) is 0 Å². The van der Waals surface area contributed by atoms with Crippen molar-refractivity contribution in [3.05, 3.63) is 41.4 Å². The number of nitrogens with zero attached hydrogens (tertiary/aromatic N) is 1. The van der Waals surface area contributed by atoms with Gasteiger partial charge in [0, 0.05) is 10.6 Å². The Morgan fingerprint density at radius 1 is 1.57 bits per heavy atom. The molecule has 0 aliphatic heterocycles. The molecule has 0 spiro atoms. The fourth-order valence-electron chi connectivity index (χ4n) is 1.07. The van der Waals surface area contributed by atoms with E-state index < -0.39 is 0 Å². The van der Waals surface area contributed by atoms with E-state index in [1.165, 1.54) is 0 Å². The number of hydrogen-bond acceptors (Lipinski definition) is 2. The summed E-state index contributed by atoms with van der Waals surface area (Å²) in [5, 5.41) is 9.17. The van der Waals surface area contributed by atoms with Crippen LogP contribution >= 0.6 is 11.6 Å². The standard InChI is InChI=1S/C11H10ClNO/c1-2-8-14-11-5-3-4-10(12)9(11)6-7-13/h2-5H,1,6,8H2. The van der Waals surface area contributed by atoms with E-state index in [1.807, 2.05) is 0 Å². The fraction of sp³-hybridized carbons (Fsp3) is 0.182. The van der Waals surface area contributed by atoms with E-state index in [0.29, 0.717) is 17.4 Å². The predicted molar refractivity (Wildman–Crippen MR) is 56.5 cm³/mol. The Labute approximate surface area is 88.4 Å². The van der Waals surface area contributed by atoms with Gasteiger partial charge in [0.2, 0.25) is 0 Å². The smallest absolute Gasteiger partial charge is 0.125 e. The fourth-order valence-corrected chi connectivity index (χ4v) is 1.31. The third-order valence-corrected chi connectivity index (χ3v) is 2.04. The van der Waals surface area contributed by atoms with Gasteiger partial charge in [-0.2, -0.15) is 5.26 Å². The quantitative estimate of drug-likeness (QED) is 0.712. The van der Waals surface area contributed by atoms with Crippen molar-refractivity contribution in [2.75, 3.05) is 6.61 Å². The topological polar surface area (TPSA) is 33.0 Å². The van der Waals surface area contributed by atoms with Gasteiger partial charge in [-0.15, -0.1) is 0 Å². The van der Waals surface area contributed by atoms with Gasteiger partial charge in [0.25, 0.3) is 0 Å². The highest BCUT2D eigenvalue weighted by atomic mass is 35.5. The highest BCUT2D eigenvalue weighted by Gasteiger charge is 2.06. The Morgan fingerprint density at radius 3 is 3.00 bits per heavy atom. The lowest BCUT2D eigenvalue weighted by molar-refractivity contribution is 0.360. The summed E-state index contributed by atoms with van der Waals surface area (Å²) in [4.78, 5) is 0. The van der Waals surface area contributed by atoms with Gasteiger partial charge in [0.05, 0.1) is 12.5 Å².